The summed E-state index contributed by atoms with van der Waals surface area (Å²) in [6.07, 6.45) is 1.21. The fourth-order valence-electron chi connectivity index (χ4n) is 2.74. The van der Waals surface area contributed by atoms with E-state index in [0.717, 1.165) is 6.42 Å². The van der Waals surface area contributed by atoms with Crippen LogP contribution in [-0.4, -0.2) is 32.7 Å². The quantitative estimate of drug-likeness (QED) is 0.743. The predicted octanol–water partition coefficient (Wildman–Crippen LogP) is 3.83. The molecule has 0 radical (unpaired) electrons. The van der Waals surface area contributed by atoms with Crippen LogP contribution in [0.5, 0.6) is 0 Å². The van der Waals surface area contributed by atoms with Crippen LogP contribution in [0.25, 0.3) is 0 Å². The fraction of sp³-hybridized carbons (Fsp3) is 0.500. The molecule has 5 nitrogen and oxygen atoms in total. The van der Waals surface area contributed by atoms with E-state index in [1.54, 1.807) is 18.2 Å². The topological polar surface area (TPSA) is 70.9 Å². The summed E-state index contributed by atoms with van der Waals surface area (Å²) in [5, 5.41) is 12.7. The summed E-state index contributed by atoms with van der Waals surface area (Å²) >= 11 is 6.00. The summed E-state index contributed by atoms with van der Waals surface area (Å²) in [4.78, 5) is 12.6. The van der Waals surface area contributed by atoms with Gasteiger partial charge in [0, 0.05) is 6.42 Å². The lowest BCUT2D eigenvalue weighted by atomic mass is 9.97. The molecule has 1 heterocycles. The first-order valence-electron chi connectivity index (χ1n) is 8.41. The molecule has 0 saturated heterocycles. The van der Waals surface area contributed by atoms with Crippen molar-refractivity contribution in [2.24, 2.45) is 5.92 Å². The van der Waals surface area contributed by atoms with Crippen LogP contribution in [-0.2, 0) is 6.42 Å². The van der Waals surface area contributed by atoms with E-state index in [1.807, 2.05) is 6.92 Å². The lowest BCUT2D eigenvalue weighted by Crippen LogP contribution is -2.27. The lowest BCUT2D eigenvalue weighted by molar-refractivity contribution is 0.259. The van der Waals surface area contributed by atoms with Crippen LogP contribution in [0.15, 0.2) is 24.3 Å². The molecule has 0 aliphatic rings. The van der Waals surface area contributed by atoms with Gasteiger partial charge in [0.25, 0.3) is 0 Å². The minimum absolute atomic E-state index is 0.0254. The molecular weight excluding hydrogens is 343 g/mol. The molecule has 136 valence electrons. The molecule has 25 heavy (non-hydrogen) atoms. The molecule has 0 saturated carbocycles. The predicted molar refractivity (Wildman–Crippen MR) is 97.3 cm³/mol. The molecule has 0 spiro atoms. The van der Waals surface area contributed by atoms with Gasteiger partial charge < -0.3 is 10.4 Å². The van der Waals surface area contributed by atoms with Gasteiger partial charge in [-0.15, -0.1) is 0 Å². The Balaban J connectivity index is 2.14. The first-order chi connectivity index (χ1) is 11.9. The molecule has 1 aromatic heterocycles. The maximum atomic E-state index is 13.9. The standard InChI is InChI=1S/C18H24ClFN4O/c1-11(2)8-13(10-25)21-18-23-16(22-17(19)24-18)9-12(3)14-6-4-5-7-15(14)20/h4-7,11-13,25H,8-10H2,1-3H3,(H,21,22,23,24). The number of benzene rings is 1. The number of anilines is 1. The number of aliphatic hydroxyl groups excluding tert-OH is 1. The van der Waals surface area contributed by atoms with E-state index in [9.17, 15) is 9.50 Å². The monoisotopic (exact) mass is 366 g/mol. The first kappa shape index (κ1) is 19.5. The number of halogens is 2. The highest BCUT2D eigenvalue weighted by Crippen LogP contribution is 2.22. The molecule has 2 unspecified atom stereocenters. The van der Waals surface area contributed by atoms with Gasteiger partial charge in [-0.3, -0.25) is 0 Å². The van der Waals surface area contributed by atoms with Crippen molar-refractivity contribution in [3.05, 3.63) is 46.8 Å². The van der Waals surface area contributed by atoms with Gasteiger partial charge in [-0.05, 0) is 41.5 Å². The van der Waals surface area contributed by atoms with Gasteiger partial charge in [0.2, 0.25) is 11.2 Å². The Labute approximate surface area is 152 Å². The number of hydrogen-bond donors (Lipinski definition) is 2. The zero-order valence-corrected chi connectivity index (χ0v) is 15.5. The largest absolute Gasteiger partial charge is 0.394 e. The number of aromatic nitrogens is 3. The highest BCUT2D eigenvalue weighted by molar-refractivity contribution is 6.28. The van der Waals surface area contributed by atoms with E-state index in [1.165, 1.54) is 6.07 Å². The van der Waals surface area contributed by atoms with Gasteiger partial charge in [-0.2, -0.15) is 9.97 Å². The molecule has 0 aliphatic heterocycles. The number of nitrogens with one attached hydrogen (secondary N) is 1. The number of aliphatic hydroxyl groups is 1. The lowest BCUT2D eigenvalue weighted by Gasteiger charge is -2.18. The Kier molecular flexibility index (Phi) is 7.08. The summed E-state index contributed by atoms with van der Waals surface area (Å²) < 4.78 is 13.9. The Bertz CT molecular complexity index is 699. The van der Waals surface area contributed by atoms with Gasteiger partial charge in [-0.1, -0.05) is 39.0 Å². The smallest absolute Gasteiger partial charge is 0.227 e. The Morgan fingerprint density at radius 2 is 1.88 bits per heavy atom. The minimum atomic E-state index is -0.245. The van der Waals surface area contributed by atoms with Crippen LogP contribution in [0.2, 0.25) is 5.28 Å². The van der Waals surface area contributed by atoms with E-state index < -0.39 is 0 Å². The van der Waals surface area contributed by atoms with Crippen molar-refractivity contribution in [3.8, 4) is 0 Å². The summed E-state index contributed by atoms with van der Waals surface area (Å²) in [5.41, 5.74) is 0.613. The van der Waals surface area contributed by atoms with Crippen LogP contribution in [0.3, 0.4) is 0 Å². The molecule has 2 rings (SSSR count). The first-order valence-corrected chi connectivity index (χ1v) is 8.79. The summed E-state index contributed by atoms with van der Waals surface area (Å²) in [6.45, 7) is 6.04. The second kappa shape index (κ2) is 9.06. The van der Waals surface area contributed by atoms with Gasteiger partial charge in [-0.25, -0.2) is 9.37 Å². The SMILES string of the molecule is CC(C)CC(CO)Nc1nc(Cl)nc(CC(C)c2ccccc2F)n1. The van der Waals surface area contributed by atoms with Crippen molar-refractivity contribution in [2.45, 2.75) is 45.6 Å². The molecule has 7 heteroatoms. The normalized spacial score (nSPS) is 13.7. The highest BCUT2D eigenvalue weighted by atomic mass is 35.5. The molecular formula is C18H24ClFN4O. The average Bonchev–Trinajstić information content (AvgIpc) is 2.53. The van der Waals surface area contributed by atoms with Crippen molar-refractivity contribution in [1.29, 1.82) is 0 Å². The molecule has 0 bridgehead atoms. The van der Waals surface area contributed by atoms with Crippen LogP contribution >= 0.6 is 11.6 Å². The van der Waals surface area contributed by atoms with Crippen LogP contribution in [0, 0.1) is 11.7 Å². The third kappa shape index (κ3) is 5.90. The van der Waals surface area contributed by atoms with E-state index in [0.29, 0.717) is 29.7 Å². The molecule has 2 atom stereocenters. The van der Waals surface area contributed by atoms with Crippen molar-refractivity contribution >= 4 is 17.5 Å². The van der Waals surface area contributed by atoms with Gasteiger partial charge >= 0.3 is 0 Å². The van der Waals surface area contributed by atoms with E-state index in [-0.39, 0.29) is 29.7 Å². The molecule has 1 aromatic carbocycles. The number of hydrogen-bond acceptors (Lipinski definition) is 5. The van der Waals surface area contributed by atoms with Gasteiger partial charge in [0.05, 0.1) is 12.6 Å². The molecule has 0 amide bonds. The second-order valence-corrected chi connectivity index (χ2v) is 6.96. The highest BCUT2D eigenvalue weighted by Gasteiger charge is 2.16. The van der Waals surface area contributed by atoms with Gasteiger partial charge in [0.1, 0.15) is 11.6 Å². The fourth-order valence-corrected chi connectivity index (χ4v) is 2.91. The molecule has 0 aliphatic carbocycles. The number of rotatable bonds is 8. The summed E-state index contributed by atoms with van der Waals surface area (Å²) in [6, 6.07) is 6.51. The average molecular weight is 367 g/mol. The van der Waals surface area contributed by atoms with Crippen molar-refractivity contribution in [3.63, 3.8) is 0 Å². The maximum Gasteiger partial charge on any atom is 0.227 e. The zero-order chi connectivity index (χ0) is 18.4. The maximum absolute atomic E-state index is 13.9. The van der Waals surface area contributed by atoms with E-state index >= 15 is 0 Å². The zero-order valence-electron chi connectivity index (χ0n) is 14.7. The summed E-state index contributed by atoms with van der Waals surface area (Å²) in [7, 11) is 0. The molecule has 2 N–H and O–H groups in total. The third-order valence-corrected chi connectivity index (χ3v) is 4.06. The van der Waals surface area contributed by atoms with Crippen LogP contribution in [0.4, 0.5) is 10.3 Å². The second-order valence-electron chi connectivity index (χ2n) is 6.62. The van der Waals surface area contributed by atoms with Crippen LogP contribution in [0.1, 0.15) is 44.5 Å². The number of nitrogens with zero attached hydrogens (tertiary/aromatic N) is 3. The van der Waals surface area contributed by atoms with Crippen molar-refractivity contribution in [2.75, 3.05) is 11.9 Å². The Morgan fingerprint density at radius 3 is 2.52 bits per heavy atom. The third-order valence-electron chi connectivity index (χ3n) is 3.89. The van der Waals surface area contributed by atoms with Crippen molar-refractivity contribution < 1.29 is 9.50 Å². The van der Waals surface area contributed by atoms with Gasteiger partial charge in [0.15, 0.2) is 0 Å². The van der Waals surface area contributed by atoms with Crippen molar-refractivity contribution in [1.82, 2.24) is 15.0 Å². The minimum Gasteiger partial charge on any atom is -0.394 e. The van der Waals surface area contributed by atoms with E-state index in [2.05, 4.69) is 34.1 Å². The Morgan fingerprint density at radius 1 is 1.16 bits per heavy atom. The van der Waals surface area contributed by atoms with E-state index in [4.69, 9.17) is 11.6 Å². The van der Waals surface area contributed by atoms with Crippen LogP contribution < -0.4 is 5.32 Å². The molecule has 2 aromatic rings. The molecule has 0 fully saturated rings. The Hall–Kier alpha value is -1.79. The summed E-state index contributed by atoms with van der Waals surface area (Å²) in [5.74, 6) is 0.889.